The van der Waals surface area contributed by atoms with Gasteiger partial charge >= 0.3 is 5.97 Å². The van der Waals surface area contributed by atoms with Gasteiger partial charge in [0, 0.05) is 6.42 Å². The summed E-state index contributed by atoms with van der Waals surface area (Å²) < 4.78 is 0. The number of benzene rings is 1. The molecule has 0 unspecified atom stereocenters. The van der Waals surface area contributed by atoms with E-state index in [0.29, 0.717) is 0 Å². The van der Waals surface area contributed by atoms with E-state index in [2.05, 4.69) is 10.6 Å². The summed E-state index contributed by atoms with van der Waals surface area (Å²) >= 11 is 0. The second kappa shape index (κ2) is 9.19. The molecule has 8 heteroatoms. The van der Waals surface area contributed by atoms with Gasteiger partial charge in [0.1, 0.15) is 12.6 Å². The number of carbonyl (C=O) groups is 4. The van der Waals surface area contributed by atoms with Crippen LogP contribution in [0.1, 0.15) is 18.4 Å². The minimum absolute atomic E-state index is 0.00130. The number of carboxylic acid groups (broad SMARTS) is 1. The Balaban J connectivity index is 2.63. The van der Waals surface area contributed by atoms with Crippen LogP contribution in [0, 0.1) is 0 Å². The van der Waals surface area contributed by atoms with Crippen LogP contribution in [0.15, 0.2) is 30.3 Å². The fourth-order valence-electron chi connectivity index (χ4n) is 1.87. The molecule has 0 radical (unpaired) electrons. The van der Waals surface area contributed by atoms with Gasteiger partial charge in [-0.15, -0.1) is 0 Å². The Labute approximate surface area is 133 Å². The number of amides is 3. The maximum atomic E-state index is 12.0. The largest absolute Gasteiger partial charge is 0.480 e. The Kier molecular flexibility index (Phi) is 7.25. The van der Waals surface area contributed by atoms with Crippen molar-refractivity contribution in [3.63, 3.8) is 0 Å². The molecule has 0 aliphatic rings. The highest BCUT2D eigenvalue weighted by molar-refractivity contribution is 5.90. The molecule has 8 nitrogen and oxygen atoms in total. The summed E-state index contributed by atoms with van der Waals surface area (Å²) in [4.78, 5) is 45.2. The number of aliphatic carboxylic acids is 1. The van der Waals surface area contributed by atoms with Crippen molar-refractivity contribution in [2.75, 3.05) is 6.54 Å². The number of carboxylic acids is 1. The average Bonchev–Trinajstić information content (AvgIpc) is 2.49. The number of hydrogen-bond acceptors (Lipinski definition) is 4. The lowest BCUT2D eigenvalue weighted by atomic mass is 10.1. The first kappa shape index (κ1) is 18.1. The lowest BCUT2D eigenvalue weighted by Crippen LogP contribution is -2.48. The van der Waals surface area contributed by atoms with Crippen LogP contribution in [0.5, 0.6) is 0 Å². The number of hydrogen-bond donors (Lipinski definition) is 4. The molecule has 1 aromatic rings. The highest BCUT2D eigenvalue weighted by Gasteiger charge is 2.21. The van der Waals surface area contributed by atoms with Crippen LogP contribution >= 0.6 is 0 Å². The van der Waals surface area contributed by atoms with E-state index in [1.807, 2.05) is 6.07 Å². The van der Waals surface area contributed by atoms with Crippen LogP contribution < -0.4 is 16.4 Å². The molecule has 124 valence electrons. The van der Waals surface area contributed by atoms with Gasteiger partial charge in [-0.3, -0.25) is 19.2 Å². The normalized spacial score (nSPS) is 11.3. The number of primary amides is 1. The molecule has 0 heterocycles. The van der Waals surface area contributed by atoms with Crippen molar-refractivity contribution in [2.24, 2.45) is 5.73 Å². The van der Waals surface area contributed by atoms with Crippen molar-refractivity contribution >= 4 is 23.7 Å². The number of carbonyl (C=O) groups excluding carboxylic acids is 3. The van der Waals surface area contributed by atoms with Crippen molar-refractivity contribution in [3.05, 3.63) is 35.9 Å². The Morgan fingerprint density at radius 2 is 1.78 bits per heavy atom. The standard InChI is InChI=1S/C15H19N3O5/c16-12(19)7-6-11(15(23)17-9-14(21)22)18-13(20)8-10-4-2-1-3-5-10/h1-5,11H,6-9H2,(H2,16,19)(H,17,23)(H,18,20)(H,21,22)/t11-/m0/s1. The SMILES string of the molecule is NC(=O)CC[C@H](NC(=O)Cc1ccccc1)C(=O)NCC(=O)O. The molecule has 0 saturated carbocycles. The zero-order chi connectivity index (χ0) is 17.2. The maximum Gasteiger partial charge on any atom is 0.322 e. The molecule has 0 spiro atoms. The van der Waals surface area contributed by atoms with E-state index in [-0.39, 0.29) is 19.3 Å². The van der Waals surface area contributed by atoms with Gasteiger partial charge in [-0.05, 0) is 12.0 Å². The van der Waals surface area contributed by atoms with E-state index < -0.39 is 36.3 Å². The Morgan fingerprint density at radius 1 is 1.13 bits per heavy atom. The first-order valence-electron chi connectivity index (χ1n) is 6.99. The highest BCUT2D eigenvalue weighted by Crippen LogP contribution is 2.02. The molecule has 0 aliphatic carbocycles. The predicted molar refractivity (Wildman–Crippen MR) is 81.2 cm³/mol. The third-order valence-electron chi connectivity index (χ3n) is 2.95. The molecule has 1 atom stereocenters. The molecule has 0 aliphatic heterocycles. The molecule has 0 aromatic heterocycles. The predicted octanol–water partition coefficient (Wildman–Crippen LogP) is -0.820. The fraction of sp³-hybridized carbons (Fsp3) is 0.333. The molecule has 1 rings (SSSR count). The first-order chi connectivity index (χ1) is 10.9. The van der Waals surface area contributed by atoms with E-state index in [1.165, 1.54) is 0 Å². The highest BCUT2D eigenvalue weighted by atomic mass is 16.4. The van der Waals surface area contributed by atoms with Crippen molar-refractivity contribution in [3.8, 4) is 0 Å². The van der Waals surface area contributed by atoms with Gasteiger partial charge in [-0.25, -0.2) is 0 Å². The lowest BCUT2D eigenvalue weighted by Gasteiger charge is -2.17. The van der Waals surface area contributed by atoms with Gasteiger partial charge < -0.3 is 21.5 Å². The van der Waals surface area contributed by atoms with E-state index in [4.69, 9.17) is 10.8 Å². The third kappa shape index (κ3) is 7.60. The molecule has 0 fully saturated rings. The number of nitrogens with one attached hydrogen (secondary N) is 2. The van der Waals surface area contributed by atoms with Gasteiger partial charge in [0.25, 0.3) is 0 Å². The minimum Gasteiger partial charge on any atom is -0.480 e. The van der Waals surface area contributed by atoms with Crippen molar-refractivity contribution < 1.29 is 24.3 Å². The first-order valence-corrected chi connectivity index (χ1v) is 6.99. The quantitative estimate of drug-likeness (QED) is 0.471. The Morgan fingerprint density at radius 3 is 2.35 bits per heavy atom. The molecule has 1 aromatic carbocycles. The second-order valence-electron chi connectivity index (χ2n) is 4.90. The molecular weight excluding hydrogens is 302 g/mol. The zero-order valence-corrected chi connectivity index (χ0v) is 12.5. The van der Waals surface area contributed by atoms with Gasteiger partial charge in [0.05, 0.1) is 6.42 Å². The third-order valence-corrected chi connectivity index (χ3v) is 2.95. The second-order valence-corrected chi connectivity index (χ2v) is 4.90. The van der Waals surface area contributed by atoms with E-state index in [1.54, 1.807) is 24.3 Å². The average molecular weight is 321 g/mol. The summed E-state index contributed by atoms with van der Waals surface area (Å²) in [6.45, 7) is -0.569. The van der Waals surface area contributed by atoms with Crippen molar-refractivity contribution in [1.29, 1.82) is 0 Å². The molecule has 0 bridgehead atoms. The summed E-state index contributed by atoms with van der Waals surface area (Å²) in [7, 11) is 0. The maximum absolute atomic E-state index is 12.0. The topological polar surface area (TPSA) is 139 Å². The smallest absolute Gasteiger partial charge is 0.322 e. The van der Waals surface area contributed by atoms with Crippen LogP contribution in [0.3, 0.4) is 0 Å². The van der Waals surface area contributed by atoms with Gasteiger partial charge in [-0.2, -0.15) is 0 Å². The summed E-state index contributed by atoms with van der Waals surface area (Å²) in [5.41, 5.74) is 5.81. The lowest BCUT2D eigenvalue weighted by molar-refractivity contribution is -0.138. The molecule has 0 saturated heterocycles. The zero-order valence-electron chi connectivity index (χ0n) is 12.5. The van der Waals surface area contributed by atoms with E-state index >= 15 is 0 Å². The Bertz CT molecular complexity index is 574. The van der Waals surface area contributed by atoms with Gasteiger partial charge in [-0.1, -0.05) is 30.3 Å². The monoisotopic (exact) mass is 321 g/mol. The summed E-state index contributed by atoms with van der Waals surface area (Å²) in [6.07, 6.45) is -0.0296. The molecule has 23 heavy (non-hydrogen) atoms. The summed E-state index contributed by atoms with van der Waals surface area (Å²) in [5, 5.41) is 13.2. The Hall–Kier alpha value is -2.90. The minimum atomic E-state index is -1.21. The summed E-state index contributed by atoms with van der Waals surface area (Å²) in [5.74, 6) is -2.90. The van der Waals surface area contributed by atoms with Crippen LogP contribution in [-0.4, -0.2) is 41.4 Å². The van der Waals surface area contributed by atoms with Crippen LogP contribution in [0.25, 0.3) is 0 Å². The molecule has 3 amide bonds. The van der Waals surface area contributed by atoms with Crippen LogP contribution in [0.4, 0.5) is 0 Å². The summed E-state index contributed by atoms with van der Waals surface area (Å²) in [6, 6.07) is 7.90. The van der Waals surface area contributed by atoms with Crippen molar-refractivity contribution in [2.45, 2.75) is 25.3 Å². The number of rotatable bonds is 9. The van der Waals surface area contributed by atoms with Gasteiger partial charge in [0.2, 0.25) is 17.7 Å². The van der Waals surface area contributed by atoms with Crippen molar-refractivity contribution in [1.82, 2.24) is 10.6 Å². The number of nitrogens with two attached hydrogens (primary N) is 1. The van der Waals surface area contributed by atoms with E-state index in [9.17, 15) is 19.2 Å². The van der Waals surface area contributed by atoms with Crippen LogP contribution in [-0.2, 0) is 25.6 Å². The van der Waals surface area contributed by atoms with Gasteiger partial charge in [0.15, 0.2) is 0 Å². The molecule has 5 N–H and O–H groups in total. The van der Waals surface area contributed by atoms with E-state index in [0.717, 1.165) is 5.56 Å². The fourth-order valence-corrected chi connectivity index (χ4v) is 1.87. The van der Waals surface area contributed by atoms with Crippen LogP contribution in [0.2, 0.25) is 0 Å². The molecular formula is C15H19N3O5.